The van der Waals surface area contributed by atoms with Crippen molar-refractivity contribution in [3.63, 3.8) is 0 Å². The van der Waals surface area contributed by atoms with E-state index in [0.29, 0.717) is 28.1 Å². The highest BCUT2D eigenvalue weighted by molar-refractivity contribution is 9.10. The Morgan fingerprint density at radius 3 is 2.42 bits per heavy atom. The van der Waals surface area contributed by atoms with Gasteiger partial charge in [0.15, 0.2) is 0 Å². The molecule has 2 heterocycles. The van der Waals surface area contributed by atoms with E-state index in [2.05, 4.69) is 26.3 Å². The smallest absolute Gasteiger partial charge is 0.258 e. The summed E-state index contributed by atoms with van der Waals surface area (Å²) in [5.74, 6) is -1.10. The predicted molar refractivity (Wildman–Crippen MR) is 146 cm³/mol. The third kappa shape index (κ3) is 4.92. The van der Waals surface area contributed by atoms with Gasteiger partial charge < -0.3 is 19.6 Å². The van der Waals surface area contributed by atoms with E-state index in [-0.39, 0.29) is 12.0 Å². The Hall–Kier alpha value is -4.37. The van der Waals surface area contributed by atoms with Gasteiger partial charge in [-0.1, -0.05) is 58.4 Å². The van der Waals surface area contributed by atoms with Crippen LogP contribution in [0.1, 0.15) is 30.0 Å². The summed E-state index contributed by atoms with van der Waals surface area (Å²) in [5.41, 5.74) is 6.57. The van der Waals surface area contributed by atoms with Crippen LogP contribution >= 0.6 is 15.9 Å². The van der Waals surface area contributed by atoms with Crippen LogP contribution in [0.5, 0.6) is 5.75 Å². The quantitative estimate of drug-likeness (QED) is 0.347. The fourth-order valence-electron chi connectivity index (χ4n) is 4.63. The summed E-state index contributed by atoms with van der Waals surface area (Å²) >= 11 is 3.54. The van der Waals surface area contributed by atoms with Gasteiger partial charge in [0.2, 0.25) is 5.91 Å². The molecule has 8 nitrogen and oxygen atoms in total. The van der Waals surface area contributed by atoms with Crippen molar-refractivity contribution in [1.29, 1.82) is 0 Å². The number of amides is 1. The van der Waals surface area contributed by atoms with Crippen LogP contribution in [-0.4, -0.2) is 29.0 Å². The first-order chi connectivity index (χ1) is 18.4. The Morgan fingerprint density at radius 1 is 1.00 bits per heavy atom. The van der Waals surface area contributed by atoms with E-state index in [1.807, 2.05) is 60.7 Å². The van der Waals surface area contributed by atoms with Crippen molar-refractivity contribution in [2.45, 2.75) is 18.9 Å². The van der Waals surface area contributed by atoms with Gasteiger partial charge in [-0.05, 0) is 54.0 Å². The number of H-pyrrole nitrogens is 1. The van der Waals surface area contributed by atoms with Crippen LogP contribution in [0.25, 0.3) is 27.7 Å². The molecule has 1 atom stereocenters. The molecular weight excluding hydrogens is 550 g/mol. The molecule has 38 heavy (non-hydrogen) atoms. The minimum Gasteiger partial charge on any atom is -0.550 e. The van der Waals surface area contributed by atoms with Crippen molar-refractivity contribution in [3.05, 3.63) is 105 Å². The highest BCUT2D eigenvalue weighted by Crippen LogP contribution is 2.38. The second-order valence-corrected chi connectivity index (χ2v) is 9.72. The van der Waals surface area contributed by atoms with E-state index in [0.717, 1.165) is 21.0 Å². The van der Waals surface area contributed by atoms with E-state index >= 15 is 0 Å². The fourth-order valence-corrected chi connectivity index (χ4v) is 4.99. The standard InChI is InChI=1S/C29H24BrN3O5/c1-38-20-10-7-17(8-11-20)24-16-23(32-33(24)25(34)13-14-26(35)36)28-27(18-5-3-2-4-6-18)21-15-19(30)9-12-22(21)31-29(28)37/h2-12,15-16,24,32H,13-14H2,1H3,(H,31,37)(H,35,36)/p-1/t24-/m0/s1. The summed E-state index contributed by atoms with van der Waals surface area (Å²) in [6.45, 7) is 0. The number of carboxylic acid groups (broad SMARTS) is 1. The fraction of sp³-hybridized carbons (Fsp3) is 0.138. The summed E-state index contributed by atoms with van der Waals surface area (Å²) in [5, 5.41) is 13.2. The number of pyridine rings is 1. The van der Waals surface area contributed by atoms with Crippen molar-refractivity contribution >= 4 is 44.4 Å². The number of fused-ring (bicyclic) bond motifs is 1. The number of nitrogens with one attached hydrogen (secondary N) is 2. The molecule has 0 aliphatic carbocycles. The molecule has 0 unspecified atom stereocenters. The summed E-state index contributed by atoms with van der Waals surface area (Å²) in [7, 11) is 1.56. The first kappa shape index (κ1) is 25.3. The number of aliphatic carboxylic acids is 1. The Balaban J connectivity index is 1.69. The lowest BCUT2D eigenvalue weighted by Gasteiger charge is -2.26. The third-order valence-electron chi connectivity index (χ3n) is 6.42. The van der Waals surface area contributed by atoms with Gasteiger partial charge in [0.05, 0.1) is 24.4 Å². The van der Waals surface area contributed by atoms with E-state index < -0.39 is 24.3 Å². The molecule has 0 saturated carbocycles. The van der Waals surface area contributed by atoms with Crippen molar-refractivity contribution < 1.29 is 19.4 Å². The molecule has 1 aliphatic rings. The number of nitrogens with zero attached hydrogens (tertiary/aromatic N) is 1. The number of ether oxygens (including phenoxy) is 1. The van der Waals surface area contributed by atoms with Crippen LogP contribution in [0.15, 0.2) is 88.1 Å². The van der Waals surface area contributed by atoms with E-state index in [1.165, 1.54) is 5.01 Å². The number of methoxy groups -OCH3 is 1. The second-order valence-electron chi connectivity index (χ2n) is 8.81. The van der Waals surface area contributed by atoms with Crippen LogP contribution in [0, 0.1) is 0 Å². The molecule has 4 aromatic rings. The van der Waals surface area contributed by atoms with Gasteiger partial charge >= 0.3 is 0 Å². The largest absolute Gasteiger partial charge is 0.550 e. The third-order valence-corrected chi connectivity index (χ3v) is 6.91. The molecule has 1 aromatic heterocycles. The molecule has 0 saturated heterocycles. The average molecular weight is 573 g/mol. The lowest BCUT2D eigenvalue weighted by Crippen LogP contribution is -2.40. The molecule has 3 aromatic carbocycles. The van der Waals surface area contributed by atoms with E-state index in [4.69, 9.17) is 4.74 Å². The van der Waals surface area contributed by atoms with Crippen LogP contribution in [0.3, 0.4) is 0 Å². The van der Waals surface area contributed by atoms with Crippen molar-refractivity contribution in [2.75, 3.05) is 7.11 Å². The van der Waals surface area contributed by atoms with E-state index in [9.17, 15) is 19.5 Å². The SMILES string of the molecule is COc1ccc([C@@H]2C=C(c3c(-c4ccccc4)c4cc(Br)ccc4[nH]c3=O)NN2C(=O)CCC(=O)[O-])cc1. The monoisotopic (exact) mass is 572 g/mol. The number of carbonyl (C=O) groups is 2. The van der Waals surface area contributed by atoms with Crippen molar-refractivity contribution in [2.24, 2.45) is 0 Å². The number of aromatic nitrogens is 1. The molecule has 0 bridgehead atoms. The maximum atomic E-state index is 13.6. The van der Waals surface area contributed by atoms with Gasteiger partial charge in [-0.3, -0.25) is 15.0 Å². The number of carboxylic acids is 1. The van der Waals surface area contributed by atoms with Gasteiger partial charge in [0.1, 0.15) is 5.75 Å². The minimum atomic E-state index is -1.31. The number of carbonyl (C=O) groups excluding carboxylic acids is 2. The molecule has 5 rings (SSSR count). The normalized spacial score (nSPS) is 14.7. The number of halogens is 1. The Kier molecular flexibility index (Phi) is 7.02. The maximum Gasteiger partial charge on any atom is 0.258 e. The summed E-state index contributed by atoms with van der Waals surface area (Å²) in [6, 6.07) is 21.8. The number of hydrazine groups is 1. The molecular formula is C29H23BrN3O5-. The zero-order chi connectivity index (χ0) is 26.8. The highest BCUT2D eigenvalue weighted by atomic mass is 79.9. The van der Waals surface area contributed by atoms with Gasteiger partial charge in [0, 0.05) is 33.3 Å². The number of aromatic amines is 1. The number of rotatable bonds is 7. The highest BCUT2D eigenvalue weighted by Gasteiger charge is 2.33. The van der Waals surface area contributed by atoms with Crippen molar-refractivity contribution in [3.8, 4) is 16.9 Å². The zero-order valence-electron chi connectivity index (χ0n) is 20.4. The first-order valence-corrected chi connectivity index (χ1v) is 12.7. The first-order valence-electron chi connectivity index (χ1n) is 11.9. The van der Waals surface area contributed by atoms with Crippen LogP contribution in [0.4, 0.5) is 0 Å². The molecule has 0 radical (unpaired) electrons. The van der Waals surface area contributed by atoms with Gasteiger partial charge in [0.25, 0.3) is 5.56 Å². The van der Waals surface area contributed by atoms with Gasteiger partial charge in [-0.2, -0.15) is 0 Å². The topological polar surface area (TPSA) is 115 Å². The minimum absolute atomic E-state index is 0.254. The van der Waals surface area contributed by atoms with Crippen LogP contribution in [0.2, 0.25) is 0 Å². The molecule has 9 heteroatoms. The number of hydrogen-bond donors (Lipinski definition) is 2. The number of benzene rings is 3. The molecule has 1 aliphatic heterocycles. The Morgan fingerprint density at radius 2 is 1.74 bits per heavy atom. The lowest BCUT2D eigenvalue weighted by atomic mass is 9.94. The lowest BCUT2D eigenvalue weighted by molar-refractivity contribution is -0.305. The zero-order valence-corrected chi connectivity index (χ0v) is 21.9. The summed E-state index contributed by atoms with van der Waals surface area (Å²) in [4.78, 5) is 40.7. The molecule has 0 fully saturated rings. The molecule has 1 amide bonds. The molecule has 0 spiro atoms. The van der Waals surface area contributed by atoms with Crippen molar-refractivity contribution in [1.82, 2.24) is 15.4 Å². The summed E-state index contributed by atoms with van der Waals surface area (Å²) < 4.78 is 6.11. The number of hydrogen-bond acceptors (Lipinski definition) is 6. The van der Waals surface area contributed by atoms with Gasteiger partial charge in [-0.25, -0.2) is 5.01 Å². The Labute approximate surface area is 226 Å². The Bertz CT molecular complexity index is 1610. The predicted octanol–water partition coefficient (Wildman–Crippen LogP) is 3.93. The molecule has 192 valence electrons. The second kappa shape index (κ2) is 10.5. The maximum absolute atomic E-state index is 13.6. The van der Waals surface area contributed by atoms with E-state index in [1.54, 1.807) is 25.3 Å². The van der Waals surface area contributed by atoms with Crippen LogP contribution < -0.4 is 20.8 Å². The van der Waals surface area contributed by atoms with Crippen LogP contribution in [-0.2, 0) is 9.59 Å². The summed E-state index contributed by atoms with van der Waals surface area (Å²) in [6.07, 6.45) is 1.14. The average Bonchev–Trinajstić information content (AvgIpc) is 3.37. The van der Waals surface area contributed by atoms with Gasteiger partial charge in [-0.15, -0.1) is 0 Å². The molecule has 2 N–H and O–H groups in total.